The zero-order valence-electron chi connectivity index (χ0n) is 7.80. The molecule has 0 saturated heterocycles. The van der Waals surface area contributed by atoms with Crippen LogP contribution in [0.2, 0.25) is 0 Å². The Labute approximate surface area is 73.5 Å². The number of ether oxygens (including phenoxy) is 1. The first-order chi connectivity index (χ1) is 5.70. The van der Waals surface area contributed by atoms with Gasteiger partial charge in [-0.2, -0.15) is 0 Å². The molecule has 0 aromatic carbocycles. The van der Waals surface area contributed by atoms with Crippen LogP contribution in [0, 0.1) is 0 Å². The van der Waals surface area contributed by atoms with Gasteiger partial charge in [-0.05, 0) is 6.42 Å². The minimum atomic E-state index is 0.0205. The fraction of sp³-hybridized carbons (Fsp3) is 0.875. The summed E-state index contributed by atoms with van der Waals surface area (Å²) in [5, 5.41) is 2.75. The Kier molecular flexibility index (Phi) is 6.70. The van der Waals surface area contributed by atoms with Crippen LogP contribution in [0.5, 0.6) is 0 Å². The highest BCUT2D eigenvalue weighted by Gasteiger charge is 2.01. The maximum atomic E-state index is 10.8. The van der Waals surface area contributed by atoms with E-state index in [4.69, 9.17) is 10.5 Å². The molecule has 1 amide bonds. The third-order valence-electron chi connectivity index (χ3n) is 1.54. The fourth-order valence-electron chi connectivity index (χ4n) is 0.819. The number of amides is 1. The van der Waals surface area contributed by atoms with Gasteiger partial charge >= 0.3 is 0 Å². The van der Waals surface area contributed by atoms with Gasteiger partial charge in [0.15, 0.2) is 0 Å². The van der Waals surface area contributed by atoms with Crippen LogP contribution in [0.4, 0.5) is 0 Å². The second-order valence-electron chi connectivity index (χ2n) is 2.71. The van der Waals surface area contributed by atoms with E-state index in [2.05, 4.69) is 5.32 Å². The highest BCUT2D eigenvalue weighted by molar-refractivity contribution is 5.75. The zero-order valence-corrected chi connectivity index (χ0v) is 7.80. The lowest BCUT2D eigenvalue weighted by atomic mass is 10.2. The molecule has 0 aliphatic carbocycles. The molecule has 0 aliphatic heterocycles. The van der Waals surface area contributed by atoms with Crippen LogP contribution in [0.1, 0.15) is 19.8 Å². The minimum absolute atomic E-state index is 0.0205. The SMILES string of the molecule is CCC(=O)NCCC(N)COC. The molecular weight excluding hydrogens is 156 g/mol. The van der Waals surface area contributed by atoms with Crippen LogP contribution in [0.3, 0.4) is 0 Å². The smallest absolute Gasteiger partial charge is 0.219 e. The monoisotopic (exact) mass is 174 g/mol. The van der Waals surface area contributed by atoms with Crippen molar-refractivity contribution in [2.24, 2.45) is 5.73 Å². The van der Waals surface area contributed by atoms with Crippen molar-refractivity contribution in [3.8, 4) is 0 Å². The lowest BCUT2D eigenvalue weighted by Gasteiger charge is -2.10. The summed E-state index contributed by atoms with van der Waals surface area (Å²) in [5.41, 5.74) is 5.64. The molecular formula is C8H18N2O2. The molecule has 0 spiro atoms. The third-order valence-corrected chi connectivity index (χ3v) is 1.54. The first-order valence-corrected chi connectivity index (χ1v) is 4.22. The van der Waals surface area contributed by atoms with E-state index in [9.17, 15) is 4.79 Å². The second kappa shape index (κ2) is 7.06. The van der Waals surface area contributed by atoms with Gasteiger partial charge in [-0.3, -0.25) is 4.79 Å². The molecule has 0 aliphatic rings. The Bertz CT molecular complexity index is 128. The molecule has 4 heteroatoms. The normalized spacial score (nSPS) is 12.6. The van der Waals surface area contributed by atoms with Gasteiger partial charge in [0.1, 0.15) is 0 Å². The number of methoxy groups -OCH3 is 1. The van der Waals surface area contributed by atoms with Crippen molar-refractivity contribution in [2.45, 2.75) is 25.8 Å². The van der Waals surface area contributed by atoms with E-state index in [1.54, 1.807) is 7.11 Å². The van der Waals surface area contributed by atoms with Crippen LogP contribution in [-0.2, 0) is 9.53 Å². The Morgan fingerprint density at radius 2 is 2.33 bits per heavy atom. The summed E-state index contributed by atoms with van der Waals surface area (Å²) < 4.78 is 4.85. The molecule has 0 heterocycles. The van der Waals surface area contributed by atoms with E-state index in [1.165, 1.54) is 0 Å². The molecule has 0 aromatic heterocycles. The maximum Gasteiger partial charge on any atom is 0.219 e. The lowest BCUT2D eigenvalue weighted by Crippen LogP contribution is -2.32. The topological polar surface area (TPSA) is 64.4 Å². The van der Waals surface area contributed by atoms with E-state index in [1.807, 2.05) is 6.92 Å². The van der Waals surface area contributed by atoms with Gasteiger partial charge in [0.25, 0.3) is 0 Å². The van der Waals surface area contributed by atoms with Crippen molar-refractivity contribution in [3.63, 3.8) is 0 Å². The van der Waals surface area contributed by atoms with Crippen molar-refractivity contribution in [3.05, 3.63) is 0 Å². The van der Waals surface area contributed by atoms with E-state index < -0.39 is 0 Å². The average Bonchev–Trinajstić information content (AvgIpc) is 2.04. The van der Waals surface area contributed by atoms with Gasteiger partial charge in [0, 0.05) is 26.1 Å². The molecule has 72 valence electrons. The maximum absolute atomic E-state index is 10.8. The van der Waals surface area contributed by atoms with Crippen molar-refractivity contribution < 1.29 is 9.53 Å². The van der Waals surface area contributed by atoms with E-state index >= 15 is 0 Å². The summed E-state index contributed by atoms with van der Waals surface area (Å²) in [6, 6.07) is 0.0205. The summed E-state index contributed by atoms with van der Waals surface area (Å²) in [7, 11) is 1.62. The summed E-state index contributed by atoms with van der Waals surface area (Å²) in [5.74, 6) is 0.0691. The van der Waals surface area contributed by atoms with Crippen molar-refractivity contribution in [1.82, 2.24) is 5.32 Å². The molecule has 0 radical (unpaired) electrons. The van der Waals surface area contributed by atoms with Crippen LogP contribution in [-0.4, -0.2) is 32.2 Å². The first-order valence-electron chi connectivity index (χ1n) is 4.22. The Hall–Kier alpha value is -0.610. The Morgan fingerprint density at radius 3 is 2.83 bits per heavy atom. The van der Waals surface area contributed by atoms with E-state index in [0.717, 1.165) is 6.42 Å². The summed E-state index contributed by atoms with van der Waals surface area (Å²) in [6.45, 7) is 3.00. The van der Waals surface area contributed by atoms with Gasteiger partial charge in [-0.25, -0.2) is 0 Å². The van der Waals surface area contributed by atoms with Crippen LogP contribution in [0.25, 0.3) is 0 Å². The van der Waals surface area contributed by atoms with Crippen molar-refractivity contribution in [2.75, 3.05) is 20.3 Å². The number of hydrogen-bond donors (Lipinski definition) is 2. The molecule has 3 N–H and O–H groups in total. The van der Waals surface area contributed by atoms with Gasteiger partial charge in [0.05, 0.1) is 6.61 Å². The zero-order chi connectivity index (χ0) is 9.40. The highest BCUT2D eigenvalue weighted by Crippen LogP contribution is 1.87. The van der Waals surface area contributed by atoms with Gasteiger partial charge in [-0.1, -0.05) is 6.92 Å². The summed E-state index contributed by atoms with van der Waals surface area (Å²) in [6.07, 6.45) is 1.29. The third kappa shape index (κ3) is 6.12. The quantitative estimate of drug-likeness (QED) is 0.590. The molecule has 4 nitrogen and oxygen atoms in total. The Morgan fingerprint density at radius 1 is 1.67 bits per heavy atom. The van der Waals surface area contributed by atoms with Crippen LogP contribution >= 0.6 is 0 Å². The van der Waals surface area contributed by atoms with Crippen molar-refractivity contribution in [1.29, 1.82) is 0 Å². The van der Waals surface area contributed by atoms with Crippen LogP contribution < -0.4 is 11.1 Å². The largest absolute Gasteiger partial charge is 0.383 e. The lowest BCUT2D eigenvalue weighted by molar-refractivity contribution is -0.120. The number of nitrogens with one attached hydrogen (secondary N) is 1. The predicted molar refractivity (Wildman–Crippen MR) is 47.8 cm³/mol. The molecule has 1 atom stereocenters. The molecule has 0 saturated carbocycles. The Balaban J connectivity index is 3.24. The standard InChI is InChI=1S/C8H18N2O2/c1-3-8(11)10-5-4-7(9)6-12-2/h7H,3-6,9H2,1-2H3,(H,10,11). The van der Waals surface area contributed by atoms with Crippen LogP contribution in [0.15, 0.2) is 0 Å². The number of carbonyl (C=O) groups excluding carboxylic acids is 1. The molecule has 0 fully saturated rings. The number of rotatable bonds is 6. The summed E-state index contributed by atoms with van der Waals surface area (Å²) >= 11 is 0. The van der Waals surface area contributed by atoms with Gasteiger partial charge in [-0.15, -0.1) is 0 Å². The molecule has 0 rings (SSSR count). The number of carbonyl (C=O) groups is 1. The van der Waals surface area contributed by atoms with E-state index in [0.29, 0.717) is 19.6 Å². The summed E-state index contributed by atoms with van der Waals surface area (Å²) in [4.78, 5) is 10.8. The average molecular weight is 174 g/mol. The van der Waals surface area contributed by atoms with Gasteiger partial charge < -0.3 is 15.8 Å². The van der Waals surface area contributed by atoms with Gasteiger partial charge in [0.2, 0.25) is 5.91 Å². The molecule has 1 unspecified atom stereocenters. The fourth-order valence-corrected chi connectivity index (χ4v) is 0.819. The van der Waals surface area contributed by atoms with Crippen molar-refractivity contribution >= 4 is 5.91 Å². The second-order valence-corrected chi connectivity index (χ2v) is 2.71. The minimum Gasteiger partial charge on any atom is -0.383 e. The molecule has 12 heavy (non-hydrogen) atoms. The van der Waals surface area contributed by atoms with E-state index in [-0.39, 0.29) is 11.9 Å². The number of nitrogens with two attached hydrogens (primary N) is 1. The first kappa shape index (κ1) is 11.4. The highest BCUT2D eigenvalue weighted by atomic mass is 16.5. The number of hydrogen-bond acceptors (Lipinski definition) is 3. The predicted octanol–water partition coefficient (Wildman–Crippen LogP) is -0.124. The molecule has 0 aromatic rings. The molecule has 0 bridgehead atoms.